The van der Waals surface area contributed by atoms with Gasteiger partial charge < -0.3 is 0 Å². The van der Waals surface area contributed by atoms with Crippen LogP contribution in [0.15, 0.2) is 22.8 Å². The van der Waals surface area contributed by atoms with Crippen LogP contribution < -0.4 is 0 Å². The molecule has 25 valence electrons. The van der Waals surface area contributed by atoms with Gasteiger partial charge in [-0.1, -0.05) is 0 Å². The SMILES string of the molecule is C=CC=[CH][Sn]. The van der Waals surface area contributed by atoms with Crippen LogP contribution in [0, 0.1) is 0 Å². The van der Waals surface area contributed by atoms with Gasteiger partial charge in [0.2, 0.25) is 0 Å². The molecule has 0 saturated heterocycles. The molecule has 1 heteroatoms. The number of allylic oxidation sites excluding steroid dienone is 2. The van der Waals surface area contributed by atoms with Crippen LogP contribution in [0.2, 0.25) is 0 Å². The van der Waals surface area contributed by atoms with Crippen LogP contribution in [0.25, 0.3) is 0 Å². The van der Waals surface area contributed by atoms with Gasteiger partial charge in [0.05, 0.1) is 0 Å². The third-order valence-electron chi connectivity index (χ3n) is 0.232. The van der Waals surface area contributed by atoms with Gasteiger partial charge in [0, 0.05) is 0 Å². The van der Waals surface area contributed by atoms with Gasteiger partial charge in [-0.15, -0.1) is 0 Å². The Bertz CT molecular complexity index is 45.6. The van der Waals surface area contributed by atoms with E-state index in [1.807, 2.05) is 10.2 Å². The fourth-order valence-electron chi connectivity index (χ4n) is 0.0680. The van der Waals surface area contributed by atoms with Crippen molar-refractivity contribution in [3.8, 4) is 0 Å². The number of hydrogen-bond donors (Lipinski definition) is 0. The average molecular weight is 172 g/mol. The average Bonchev–Trinajstić information content (AvgIpc) is 1.41. The molecule has 0 aromatic carbocycles. The van der Waals surface area contributed by atoms with E-state index in [0.29, 0.717) is 0 Å². The van der Waals surface area contributed by atoms with Crippen molar-refractivity contribution in [3.63, 3.8) is 0 Å². The third kappa shape index (κ3) is 4.28. The first kappa shape index (κ1) is 5.28. The zero-order valence-corrected chi connectivity index (χ0v) is 5.79. The summed E-state index contributed by atoms with van der Waals surface area (Å²) in [5.74, 6) is 0. The van der Waals surface area contributed by atoms with Crippen LogP contribution in [0.3, 0.4) is 0 Å². The fourth-order valence-corrected chi connectivity index (χ4v) is 0.456. The van der Waals surface area contributed by atoms with E-state index in [1.165, 1.54) is 22.5 Å². The molecule has 0 aromatic heterocycles. The Morgan fingerprint density at radius 1 is 1.60 bits per heavy atom. The first-order chi connectivity index (χ1) is 2.41. The van der Waals surface area contributed by atoms with E-state index >= 15 is 0 Å². The molecule has 0 nitrogen and oxygen atoms in total. The molecule has 0 saturated carbocycles. The van der Waals surface area contributed by atoms with Crippen molar-refractivity contribution in [3.05, 3.63) is 22.8 Å². The van der Waals surface area contributed by atoms with E-state index in [0.717, 1.165) is 0 Å². The molecule has 0 heterocycles. The molecule has 0 aromatic rings. The van der Waals surface area contributed by atoms with Crippen molar-refractivity contribution >= 4 is 22.5 Å². The molecule has 0 spiro atoms. The second kappa shape index (κ2) is 4.28. The van der Waals surface area contributed by atoms with Gasteiger partial charge >= 0.3 is 45.3 Å². The normalized spacial score (nSPS) is 9.00. The first-order valence-corrected chi connectivity index (χ1v) is 3.01. The molecule has 0 aliphatic heterocycles. The van der Waals surface area contributed by atoms with Gasteiger partial charge in [-0.2, -0.15) is 0 Å². The maximum atomic E-state index is 3.48. The molecule has 0 fully saturated rings. The van der Waals surface area contributed by atoms with Crippen molar-refractivity contribution < 1.29 is 0 Å². The van der Waals surface area contributed by atoms with Crippen LogP contribution in [-0.2, 0) is 0 Å². The Kier molecular flexibility index (Phi) is 4.52. The van der Waals surface area contributed by atoms with Crippen LogP contribution in [0.1, 0.15) is 0 Å². The summed E-state index contributed by atoms with van der Waals surface area (Å²) in [4.78, 5) is 0. The molecule has 0 N–H and O–H groups in total. The molecule has 0 atom stereocenters. The van der Waals surface area contributed by atoms with Gasteiger partial charge in [-0.25, -0.2) is 0 Å². The van der Waals surface area contributed by atoms with Crippen molar-refractivity contribution in [2.45, 2.75) is 0 Å². The van der Waals surface area contributed by atoms with E-state index in [2.05, 4.69) is 6.58 Å². The Labute approximate surface area is 45.7 Å². The molecule has 0 amide bonds. The Balaban J connectivity index is 2.92. The van der Waals surface area contributed by atoms with Gasteiger partial charge in [0.15, 0.2) is 0 Å². The summed E-state index contributed by atoms with van der Waals surface area (Å²) in [6.45, 7) is 3.48. The van der Waals surface area contributed by atoms with Crippen molar-refractivity contribution in [1.82, 2.24) is 0 Å². The molecular weight excluding hydrogens is 167 g/mol. The Morgan fingerprint density at radius 2 is 2.20 bits per heavy atom. The van der Waals surface area contributed by atoms with Gasteiger partial charge in [-0.3, -0.25) is 0 Å². The van der Waals surface area contributed by atoms with Crippen molar-refractivity contribution in [2.24, 2.45) is 0 Å². The van der Waals surface area contributed by atoms with Gasteiger partial charge in [0.25, 0.3) is 0 Å². The van der Waals surface area contributed by atoms with Gasteiger partial charge in [0.1, 0.15) is 0 Å². The van der Waals surface area contributed by atoms with E-state index < -0.39 is 0 Å². The van der Waals surface area contributed by atoms with Crippen LogP contribution >= 0.6 is 0 Å². The molecule has 0 bridgehead atoms. The van der Waals surface area contributed by atoms with E-state index in [1.54, 1.807) is 6.08 Å². The van der Waals surface area contributed by atoms with Crippen LogP contribution in [0.4, 0.5) is 0 Å². The summed E-state index contributed by atoms with van der Waals surface area (Å²) in [7, 11) is 0. The van der Waals surface area contributed by atoms with Crippen LogP contribution in [-0.4, -0.2) is 22.5 Å². The molecular formula is C4H5Sn. The molecule has 0 rings (SSSR count). The third-order valence-corrected chi connectivity index (χ3v) is 0.782. The summed E-state index contributed by atoms with van der Waals surface area (Å²) in [5.41, 5.74) is 0. The molecule has 0 aliphatic carbocycles. The second-order valence-corrected chi connectivity index (χ2v) is 1.55. The summed E-state index contributed by atoms with van der Waals surface area (Å²) in [5, 5.41) is 0. The van der Waals surface area contributed by atoms with E-state index in [9.17, 15) is 0 Å². The summed E-state index contributed by atoms with van der Waals surface area (Å²) in [6, 6.07) is 0. The minimum absolute atomic E-state index is 1.43. The quantitative estimate of drug-likeness (QED) is 0.406. The van der Waals surface area contributed by atoms with E-state index in [4.69, 9.17) is 0 Å². The Hall–Kier alpha value is 0.279. The van der Waals surface area contributed by atoms with Gasteiger partial charge in [-0.05, 0) is 0 Å². The second-order valence-electron chi connectivity index (χ2n) is 0.595. The number of hydrogen-bond acceptors (Lipinski definition) is 0. The van der Waals surface area contributed by atoms with Crippen molar-refractivity contribution in [1.29, 1.82) is 0 Å². The van der Waals surface area contributed by atoms with Crippen molar-refractivity contribution in [2.75, 3.05) is 0 Å². The molecule has 0 aliphatic rings. The summed E-state index contributed by atoms with van der Waals surface area (Å²) < 4.78 is 2.03. The first-order valence-electron chi connectivity index (χ1n) is 1.36. The monoisotopic (exact) mass is 173 g/mol. The zero-order chi connectivity index (χ0) is 4.12. The topological polar surface area (TPSA) is 0 Å². The predicted octanol–water partition coefficient (Wildman–Crippen LogP) is 0.855. The number of rotatable bonds is 1. The van der Waals surface area contributed by atoms with E-state index in [-0.39, 0.29) is 0 Å². The zero-order valence-electron chi connectivity index (χ0n) is 2.94. The summed E-state index contributed by atoms with van der Waals surface area (Å²) in [6.07, 6.45) is 3.70. The van der Waals surface area contributed by atoms with Crippen LogP contribution in [0.5, 0.6) is 0 Å². The molecule has 0 unspecified atom stereocenters. The Morgan fingerprint density at radius 3 is 2.20 bits per heavy atom. The fraction of sp³-hybridized carbons (Fsp3) is 0. The molecule has 3 radical (unpaired) electrons. The maximum absolute atomic E-state index is 3.48. The molecule has 5 heavy (non-hydrogen) atoms. The standard InChI is InChI=1S/C4H5.Sn/c1-3-4-2;/h1,3-4H,2H2;. The minimum atomic E-state index is 1.43. The summed E-state index contributed by atoms with van der Waals surface area (Å²) >= 11 is 1.43. The predicted molar refractivity (Wildman–Crippen MR) is 25.1 cm³/mol.